The summed E-state index contributed by atoms with van der Waals surface area (Å²) in [5, 5.41) is 9.08. The zero-order valence-corrected chi connectivity index (χ0v) is 13.4. The van der Waals surface area contributed by atoms with Crippen LogP contribution in [0.1, 0.15) is 27.2 Å². The Balaban J connectivity index is 2.84. The third kappa shape index (κ3) is 4.26. The minimum absolute atomic E-state index is 0.160. The Bertz CT molecular complexity index is 404. The summed E-state index contributed by atoms with van der Waals surface area (Å²) in [7, 11) is 0. The molecule has 120 valence electrons. The van der Waals surface area contributed by atoms with Crippen LogP contribution in [-0.2, 0) is 14.3 Å². The van der Waals surface area contributed by atoms with Gasteiger partial charge in [0, 0.05) is 12.3 Å². The molecule has 0 bridgehead atoms. The highest BCUT2D eigenvalue weighted by molar-refractivity contribution is 8.00. The Hall–Kier alpha value is -1.44. The molecular formula is C13H22N2O5S. The number of carboxylic acid groups (broad SMARTS) is 1. The molecule has 0 aliphatic carbocycles. The average molecular weight is 318 g/mol. The predicted octanol–water partition coefficient (Wildman–Crippen LogP) is 1.23. The monoisotopic (exact) mass is 318 g/mol. The van der Waals surface area contributed by atoms with Gasteiger partial charge in [0.25, 0.3) is 0 Å². The van der Waals surface area contributed by atoms with Gasteiger partial charge in [-0.2, -0.15) is 0 Å². The van der Waals surface area contributed by atoms with Crippen LogP contribution in [0.5, 0.6) is 0 Å². The van der Waals surface area contributed by atoms with E-state index in [1.165, 1.54) is 21.6 Å². The number of likely N-dealkylation sites (N-methyl/N-ethyl adjacent to an activating group) is 1. The Morgan fingerprint density at radius 3 is 2.48 bits per heavy atom. The third-order valence-electron chi connectivity index (χ3n) is 3.23. The summed E-state index contributed by atoms with van der Waals surface area (Å²) in [6.45, 7) is 5.76. The lowest BCUT2D eigenvalue weighted by Gasteiger charge is -2.32. The molecule has 0 aromatic carbocycles. The van der Waals surface area contributed by atoms with E-state index < -0.39 is 24.0 Å². The van der Waals surface area contributed by atoms with Gasteiger partial charge >= 0.3 is 18.0 Å². The van der Waals surface area contributed by atoms with Crippen molar-refractivity contribution >= 4 is 29.7 Å². The van der Waals surface area contributed by atoms with Crippen molar-refractivity contribution in [1.82, 2.24) is 9.80 Å². The minimum atomic E-state index is -1.01. The number of rotatable bonds is 6. The number of aliphatic carboxylic acids is 1. The normalized spacial score (nSPS) is 21.2. The molecule has 21 heavy (non-hydrogen) atoms. The van der Waals surface area contributed by atoms with Crippen LogP contribution in [0, 0.1) is 0 Å². The lowest BCUT2D eigenvalue weighted by atomic mass is 10.2. The van der Waals surface area contributed by atoms with E-state index in [9.17, 15) is 19.5 Å². The number of carbonyl (C=O) groups is 3. The first-order valence-electron chi connectivity index (χ1n) is 7.03. The number of amides is 2. The summed E-state index contributed by atoms with van der Waals surface area (Å²) in [6.07, 6.45) is 0.664. The van der Waals surface area contributed by atoms with Crippen LogP contribution in [0.2, 0.25) is 0 Å². The third-order valence-corrected chi connectivity index (χ3v) is 4.68. The van der Waals surface area contributed by atoms with Gasteiger partial charge in [-0.1, -0.05) is 6.92 Å². The van der Waals surface area contributed by atoms with E-state index in [1.54, 1.807) is 13.8 Å². The number of hydrogen-bond acceptors (Lipinski definition) is 5. The number of carbonyl (C=O) groups excluding carboxylic acids is 2. The maximum absolute atomic E-state index is 12.6. The molecule has 1 aliphatic heterocycles. The van der Waals surface area contributed by atoms with Crippen LogP contribution in [-0.4, -0.2) is 69.7 Å². The molecular weight excluding hydrogens is 296 g/mol. The molecule has 0 spiro atoms. The van der Waals surface area contributed by atoms with Crippen LogP contribution in [0.25, 0.3) is 0 Å². The summed E-state index contributed by atoms with van der Waals surface area (Å²) in [5.74, 6) is -1.13. The SMILES string of the molecule is CCOC(=O)CN(CC)C(=O)N1C(CC)SCC1C(=O)O. The highest BCUT2D eigenvalue weighted by Crippen LogP contribution is 2.32. The largest absolute Gasteiger partial charge is 0.480 e. The Morgan fingerprint density at radius 2 is 2.00 bits per heavy atom. The fraction of sp³-hybridized carbons (Fsp3) is 0.769. The van der Waals surface area contributed by atoms with Crippen molar-refractivity contribution in [3.63, 3.8) is 0 Å². The standard InChI is InChI=1S/C13H22N2O5S/c1-4-10-15(9(8-21-10)12(17)18)13(19)14(5-2)7-11(16)20-6-3/h9-10H,4-8H2,1-3H3,(H,17,18). The molecule has 0 aromatic heterocycles. The van der Waals surface area contributed by atoms with Gasteiger partial charge in [0.2, 0.25) is 0 Å². The van der Waals surface area contributed by atoms with Crippen molar-refractivity contribution in [1.29, 1.82) is 0 Å². The number of hydrogen-bond donors (Lipinski definition) is 1. The summed E-state index contributed by atoms with van der Waals surface area (Å²) in [4.78, 5) is 38.1. The van der Waals surface area contributed by atoms with Gasteiger partial charge in [-0.05, 0) is 20.3 Å². The van der Waals surface area contributed by atoms with Gasteiger partial charge < -0.3 is 14.7 Å². The topological polar surface area (TPSA) is 87.2 Å². The van der Waals surface area contributed by atoms with Crippen LogP contribution >= 0.6 is 11.8 Å². The molecule has 2 amide bonds. The predicted molar refractivity (Wildman–Crippen MR) is 79.1 cm³/mol. The molecule has 1 aliphatic rings. The van der Waals surface area contributed by atoms with Crippen molar-refractivity contribution in [2.24, 2.45) is 0 Å². The summed E-state index contributed by atoms with van der Waals surface area (Å²) in [5.41, 5.74) is 0. The Morgan fingerprint density at radius 1 is 1.33 bits per heavy atom. The summed E-state index contributed by atoms with van der Waals surface area (Å²) >= 11 is 1.45. The van der Waals surface area contributed by atoms with Crippen molar-refractivity contribution in [2.45, 2.75) is 38.6 Å². The number of urea groups is 1. The molecule has 8 heteroatoms. The lowest BCUT2D eigenvalue weighted by Crippen LogP contribution is -2.52. The molecule has 1 rings (SSSR count). The smallest absolute Gasteiger partial charge is 0.327 e. The molecule has 0 saturated carbocycles. The zero-order valence-electron chi connectivity index (χ0n) is 12.6. The molecule has 0 radical (unpaired) electrons. The van der Waals surface area contributed by atoms with Gasteiger partial charge in [-0.25, -0.2) is 9.59 Å². The number of thioether (sulfide) groups is 1. The van der Waals surface area contributed by atoms with Crippen molar-refractivity contribution < 1.29 is 24.2 Å². The summed E-state index contributed by atoms with van der Waals surface area (Å²) < 4.78 is 4.84. The first-order chi connectivity index (χ1) is 9.96. The van der Waals surface area contributed by atoms with Crippen LogP contribution in [0.4, 0.5) is 4.79 Å². The maximum atomic E-state index is 12.6. The highest BCUT2D eigenvalue weighted by atomic mass is 32.2. The highest BCUT2D eigenvalue weighted by Gasteiger charge is 2.42. The number of esters is 1. The molecule has 1 heterocycles. The lowest BCUT2D eigenvalue weighted by molar-refractivity contribution is -0.143. The fourth-order valence-corrected chi connectivity index (χ4v) is 3.51. The van der Waals surface area contributed by atoms with E-state index in [0.29, 0.717) is 18.7 Å². The van der Waals surface area contributed by atoms with Crippen LogP contribution in [0.3, 0.4) is 0 Å². The van der Waals surface area contributed by atoms with E-state index in [1.807, 2.05) is 6.92 Å². The van der Waals surface area contributed by atoms with Gasteiger partial charge in [0.05, 0.1) is 12.0 Å². The van der Waals surface area contributed by atoms with Crippen molar-refractivity contribution in [3.05, 3.63) is 0 Å². The average Bonchev–Trinajstić information content (AvgIpc) is 2.88. The molecule has 1 fully saturated rings. The second-order valence-electron chi connectivity index (χ2n) is 4.56. The maximum Gasteiger partial charge on any atom is 0.327 e. The Kier molecular flexibility index (Phi) is 6.80. The fourth-order valence-electron chi connectivity index (χ4n) is 2.17. The molecule has 0 aromatic rings. The van der Waals surface area contributed by atoms with Gasteiger partial charge in [-0.3, -0.25) is 9.69 Å². The first-order valence-corrected chi connectivity index (χ1v) is 8.08. The van der Waals surface area contributed by atoms with E-state index in [0.717, 1.165) is 0 Å². The number of nitrogens with zero attached hydrogens (tertiary/aromatic N) is 2. The van der Waals surface area contributed by atoms with Crippen molar-refractivity contribution in [2.75, 3.05) is 25.4 Å². The second-order valence-corrected chi connectivity index (χ2v) is 5.77. The van der Waals surface area contributed by atoms with E-state index in [4.69, 9.17) is 4.74 Å². The van der Waals surface area contributed by atoms with Crippen LogP contribution in [0.15, 0.2) is 0 Å². The molecule has 2 atom stereocenters. The first kappa shape index (κ1) is 17.6. The quantitative estimate of drug-likeness (QED) is 0.741. The van der Waals surface area contributed by atoms with Gasteiger partial charge in [0.15, 0.2) is 0 Å². The molecule has 1 saturated heterocycles. The second kappa shape index (κ2) is 8.11. The summed E-state index contributed by atoms with van der Waals surface area (Å²) in [6, 6.07) is -1.27. The van der Waals surface area contributed by atoms with E-state index in [2.05, 4.69) is 0 Å². The van der Waals surface area contributed by atoms with Crippen molar-refractivity contribution in [3.8, 4) is 0 Å². The van der Waals surface area contributed by atoms with Crippen LogP contribution < -0.4 is 0 Å². The van der Waals surface area contributed by atoms with E-state index in [-0.39, 0.29) is 18.5 Å². The molecule has 7 nitrogen and oxygen atoms in total. The zero-order chi connectivity index (χ0) is 16.0. The molecule has 2 unspecified atom stereocenters. The van der Waals surface area contributed by atoms with Gasteiger partial charge in [-0.15, -0.1) is 11.8 Å². The minimum Gasteiger partial charge on any atom is -0.480 e. The number of ether oxygens (including phenoxy) is 1. The van der Waals surface area contributed by atoms with Gasteiger partial charge in [0.1, 0.15) is 12.6 Å². The van der Waals surface area contributed by atoms with E-state index >= 15 is 0 Å². The number of carboxylic acids is 1. The molecule has 1 N–H and O–H groups in total. The Labute approximate surface area is 128 Å².